The molecule has 1 rings (SSSR count). The number of nitrogens with zero attached hydrogens (tertiary/aromatic N) is 2. The van der Waals surface area contributed by atoms with Crippen molar-refractivity contribution in [3.05, 3.63) is 27.4 Å². The van der Waals surface area contributed by atoms with Gasteiger partial charge in [-0.15, -0.1) is 0 Å². The monoisotopic (exact) mass is 230 g/mol. The molecule has 0 aliphatic carbocycles. The van der Waals surface area contributed by atoms with Gasteiger partial charge in [0.05, 0.1) is 9.95 Å². The van der Waals surface area contributed by atoms with Gasteiger partial charge in [0, 0.05) is 25.4 Å². The predicted molar refractivity (Wildman–Crippen MR) is 58.3 cm³/mol. The molecule has 0 saturated carbocycles. The summed E-state index contributed by atoms with van der Waals surface area (Å²) in [5.74, 6) is 0.236. The van der Waals surface area contributed by atoms with Gasteiger partial charge in [0.15, 0.2) is 0 Å². The van der Waals surface area contributed by atoms with Gasteiger partial charge in [0.1, 0.15) is 0 Å². The minimum absolute atomic E-state index is 0.112. The lowest BCUT2D eigenvalue weighted by Gasteiger charge is -2.05. The van der Waals surface area contributed by atoms with E-state index in [0.717, 1.165) is 0 Å². The summed E-state index contributed by atoms with van der Waals surface area (Å²) in [5, 5.41) is 16.7. The summed E-state index contributed by atoms with van der Waals surface area (Å²) in [5.41, 5.74) is -0.112. The highest BCUT2D eigenvalue weighted by molar-refractivity contribution is 6.30. The van der Waals surface area contributed by atoms with Crippen LogP contribution in [0.5, 0.6) is 0 Å². The van der Waals surface area contributed by atoms with E-state index in [-0.39, 0.29) is 16.5 Å². The lowest BCUT2D eigenvalue weighted by Crippen LogP contribution is -2.18. The Morgan fingerprint density at radius 2 is 2.33 bits per heavy atom. The zero-order valence-electron chi connectivity index (χ0n) is 8.16. The molecule has 15 heavy (non-hydrogen) atoms. The number of halogens is 1. The third-order valence-electron chi connectivity index (χ3n) is 1.70. The first-order valence-electron chi connectivity index (χ1n) is 4.33. The fourth-order valence-electron chi connectivity index (χ4n) is 1.01. The Morgan fingerprint density at radius 3 is 2.93 bits per heavy atom. The van der Waals surface area contributed by atoms with Crippen LogP contribution in [0, 0.1) is 10.1 Å². The number of rotatable bonds is 5. The second-order valence-corrected chi connectivity index (χ2v) is 3.25. The molecule has 0 aliphatic heterocycles. The van der Waals surface area contributed by atoms with Crippen molar-refractivity contribution in [2.75, 3.05) is 25.5 Å². The summed E-state index contributed by atoms with van der Waals surface area (Å²) < 4.78 is 0. The molecule has 0 saturated heterocycles. The van der Waals surface area contributed by atoms with Gasteiger partial charge in [-0.3, -0.25) is 10.1 Å². The van der Waals surface area contributed by atoms with Crippen LogP contribution in [-0.2, 0) is 0 Å². The zero-order valence-corrected chi connectivity index (χ0v) is 8.91. The summed E-state index contributed by atoms with van der Waals surface area (Å²) >= 11 is 5.62. The maximum Gasteiger partial charge on any atom is 0.312 e. The summed E-state index contributed by atoms with van der Waals surface area (Å²) in [6, 6.07) is 1.27. The van der Waals surface area contributed by atoms with Gasteiger partial charge < -0.3 is 10.6 Å². The fourth-order valence-corrected chi connectivity index (χ4v) is 1.16. The Labute approximate surface area is 91.8 Å². The Balaban J connectivity index is 2.81. The molecule has 0 aliphatic rings. The van der Waals surface area contributed by atoms with Crippen LogP contribution in [0.3, 0.4) is 0 Å². The van der Waals surface area contributed by atoms with E-state index in [1.807, 2.05) is 0 Å². The summed E-state index contributed by atoms with van der Waals surface area (Å²) in [7, 11) is 1.80. The van der Waals surface area contributed by atoms with E-state index >= 15 is 0 Å². The lowest BCUT2D eigenvalue weighted by atomic mass is 10.4. The molecule has 1 aromatic heterocycles. The van der Waals surface area contributed by atoms with Gasteiger partial charge in [-0.2, -0.15) is 0 Å². The number of nitro groups is 1. The minimum atomic E-state index is -0.513. The van der Waals surface area contributed by atoms with E-state index in [2.05, 4.69) is 15.6 Å². The Hall–Kier alpha value is -1.40. The molecule has 0 aromatic carbocycles. The van der Waals surface area contributed by atoms with E-state index in [1.54, 1.807) is 7.05 Å². The highest BCUT2D eigenvalue weighted by Gasteiger charge is 2.15. The molecule has 0 bridgehead atoms. The average molecular weight is 231 g/mol. The number of hydrogen-bond acceptors (Lipinski definition) is 5. The fraction of sp³-hybridized carbons (Fsp3) is 0.375. The molecule has 1 heterocycles. The molecule has 6 nitrogen and oxygen atoms in total. The van der Waals surface area contributed by atoms with Crippen molar-refractivity contribution in [3.63, 3.8) is 0 Å². The topological polar surface area (TPSA) is 80.1 Å². The van der Waals surface area contributed by atoms with Crippen LogP contribution >= 0.6 is 11.6 Å². The highest BCUT2D eigenvalue weighted by Crippen LogP contribution is 2.24. The molecule has 1 aromatic rings. The van der Waals surface area contributed by atoms with Crippen LogP contribution in [0.15, 0.2) is 12.3 Å². The van der Waals surface area contributed by atoms with Crippen LogP contribution < -0.4 is 10.6 Å². The molecule has 0 amide bonds. The number of pyridine rings is 1. The van der Waals surface area contributed by atoms with Gasteiger partial charge in [-0.1, -0.05) is 11.6 Å². The van der Waals surface area contributed by atoms with Gasteiger partial charge in [0.2, 0.25) is 5.82 Å². The molecule has 0 fully saturated rings. The third-order valence-corrected chi connectivity index (χ3v) is 1.91. The van der Waals surface area contributed by atoms with Gasteiger partial charge in [-0.25, -0.2) is 4.98 Å². The third kappa shape index (κ3) is 3.34. The van der Waals surface area contributed by atoms with E-state index in [4.69, 9.17) is 11.6 Å². The van der Waals surface area contributed by atoms with E-state index < -0.39 is 4.92 Å². The largest absolute Gasteiger partial charge is 0.363 e. The predicted octanol–water partition coefficient (Wildman–Crippen LogP) is 1.27. The van der Waals surface area contributed by atoms with E-state index in [1.165, 1.54) is 12.3 Å². The molecular formula is C8H11ClN4O2. The van der Waals surface area contributed by atoms with Crippen molar-refractivity contribution in [2.45, 2.75) is 0 Å². The maximum atomic E-state index is 10.7. The van der Waals surface area contributed by atoms with Gasteiger partial charge in [-0.05, 0) is 7.05 Å². The second-order valence-electron chi connectivity index (χ2n) is 2.81. The molecule has 0 unspecified atom stereocenters. The summed E-state index contributed by atoms with van der Waals surface area (Å²) in [4.78, 5) is 14.0. The smallest absolute Gasteiger partial charge is 0.312 e. The Morgan fingerprint density at radius 1 is 1.60 bits per heavy atom. The Bertz CT molecular complexity index is 358. The van der Waals surface area contributed by atoms with Gasteiger partial charge in [0.25, 0.3) is 0 Å². The van der Waals surface area contributed by atoms with Crippen LogP contribution in [0.2, 0.25) is 5.02 Å². The van der Waals surface area contributed by atoms with Crippen molar-refractivity contribution in [3.8, 4) is 0 Å². The van der Waals surface area contributed by atoms with Crippen LogP contribution in [0.25, 0.3) is 0 Å². The zero-order chi connectivity index (χ0) is 11.3. The minimum Gasteiger partial charge on any atom is -0.363 e. The normalized spacial score (nSPS) is 10.0. The summed E-state index contributed by atoms with van der Waals surface area (Å²) in [6.07, 6.45) is 1.37. The SMILES string of the molecule is CNCCNc1ncc(Cl)cc1[N+](=O)[O-]. The molecule has 7 heteroatoms. The van der Waals surface area contributed by atoms with Gasteiger partial charge >= 0.3 is 5.69 Å². The first-order chi connectivity index (χ1) is 7.15. The van der Waals surface area contributed by atoms with Crippen molar-refractivity contribution >= 4 is 23.1 Å². The molecule has 0 atom stereocenters. The maximum absolute atomic E-state index is 10.7. The molecular weight excluding hydrogens is 220 g/mol. The van der Waals surface area contributed by atoms with Crippen molar-refractivity contribution in [2.24, 2.45) is 0 Å². The standard InChI is InChI=1S/C8H11ClN4O2/c1-10-2-3-11-8-7(13(14)15)4-6(9)5-12-8/h4-5,10H,2-3H2,1H3,(H,11,12). The number of aromatic nitrogens is 1. The molecule has 2 N–H and O–H groups in total. The van der Waals surface area contributed by atoms with Crippen LogP contribution in [0.4, 0.5) is 11.5 Å². The molecule has 82 valence electrons. The second kappa shape index (κ2) is 5.47. The van der Waals surface area contributed by atoms with E-state index in [9.17, 15) is 10.1 Å². The van der Waals surface area contributed by atoms with Crippen molar-refractivity contribution < 1.29 is 4.92 Å². The molecule has 0 spiro atoms. The quantitative estimate of drug-likeness (QED) is 0.452. The van der Waals surface area contributed by atoms with Crippen LogP contribution in [0.1, 0.15) is 0 Å². The van der Waals surface area contributed by atoms with Crippen molar-refractivity contribution in [1.82, 2.24) is 10.3 Å². The first kappa shape index (κ1) is 11.7. The number of likely N-dealkylation sites (N-methyl/N-ethyl adjacent to an activating group) is 1. The Kier molecular flexibility index (Phi) is 4.26. The first-order valence-corrected chi connectivity index (χ1v) is 4.71. The lowest BCUT2D eigenvalue weighted by molar-refractivity contribution is -0.384. The van der Waals surface area contributed by atoms with Crippen LogP contribution in [-0.4, -0.2) is 30.0 Å². The van der Waals surface area contributed by atoms with E-state index in [0.29, 0.717) is 13.1 Å². The molecule has 0 radical (unpaired) electrons. The number of anilines is 1. The average Bonchev–Trinajstić information content (AvgIpc) is 2.20. The summed E-state index contributed by atoms with van der Waals surface area (Å²) in [6.45, 7) is 1.26. The number of nitrogens with one attached hydrogen (secondary N) is 2. The number of hydrogen-bond donors (Lipinski definition) is 2. The highest BCUT2D eigenvalue weighted by atomic mass is 35.5. The van der Waals surface area contributed by atoms with Crippen molar-refractivity contribution in [1.29, 1.82) is 0 Å².